The zero-order chi connectivity index (χ0) is 18.1. The van der Waals surface area contributed by atoms with Gasteiger partial charge in [0.1, 0.15) is 0 Å². The van der Waals surface area contributed by atoms with E-state index in [1.54, 1.807) is 47.8 Å². The van der Waals surface area contributed by atoms with Crippen molar-refractivity contribution in [1.29, 1.82) is 0 Å². The second-order valence-corrected chi connectivity index (χ2v) is 7.15. The first-order valence-electron chi connectivity index (χ1n) is 7.38. The molecule has 0 aliphatic heterocycles. The predicted molar refractivity (Wildman–Crippen MR) is 98.5 cm³/mol. The summed E-state index contributed by atoms with van der Waals surface area (Å²) >= 11 is 3.16. The van der Waals surface area contributed by atoms with Crippen LogP contribution in [0.5, 0.6) is 0 Å². The maximum Gasteiger partial charge on any atom is 0.269 e. The van der Waals surface area contributed by atoms with Crippen LogP contribution in [-0.4, -0.2) is 34.6 Å². The number of nitro groups is 2. The van der Waals surface area contributed by atoms with Gasteiger partial charge in [-0.2, -0.15) is 0 Å². The van der Waals surface area contributed by atoms with Crippen molar-refractivity contribution in [2.24, 2.45) is 0 Å². The zero-order valence-corrected chi connectivity index (χ0v) is 14.8. The summed E-state index contributed by atoms with van der Waals surface area (Å²) in [5.74, 6) is 1.53. The van der Waals surface area contributed by atoms with E-state index in [2.05, 4.69) is 0 Å². The molecule has 0 aliphatic rings. The quantitative estimate of drug-likeness (QED) is 0.261. The molecule has 0 amide bonds. The average Bonchev–Trinajstić information content (AvgIpc) is 2.61. The fourth-order valence-corrected chi connectivity index (χ4v) is 3.40. The molecule has 0 bridgehead atoms. The van der Waals surface area contributed by atoms with Gasteiger partial charge in [0, 0.05) is 45.6 Å². The molecular formula is C16H16N2O5S2. The third kappa shape index (κ3) is 6.73. The molecule has 9 heteroatoms. The Kier molecular flexibility index (Phi) is 7.71. The minimum atomic E-state index is -0.417. The summed E-state index contributed by atoms with van der Waals surface area (Å²) in [5, 5.41) is 21.1. The van der Waals surface area contributed by atoms with Gasteiger partial charge in [0.2, 0.25) is 0 Å². The lowest BCUT2D eigenvalue weighted by Gasteiger charge is -2.05. The van der Waals surface area contributed by atoms with Crippen LogP contribution in [0.1, 0.15) is 0 Å². The SMILES string of the molecule is O=[N+]([O-])c1ccc(SCCOCCSc2ccc([N+](=O)[O-])cc2)cc1. The maximum atomic E-state index is 10.6. The van der Waals surface area contributed by atoms with Gasteiger partial charge in [-0.05, 0) is 24.3 Å². The van der Waals surface area contributed by atoms with Gasteiger partial charge in [0.25, 0.3) is 11.4 Å². The molecule has 0 unspecified atom stereocenters. The van der Waals surface area contributed by atoms with E-state index < -0.39 is 9.85 Å². The molecule has 0 fully saturated rings. The lowest BCUT2D eigenvalue weighted by Crippen LogP contribution is -2.01. The van der Waals surface area contributed by atoms with Gasteiger partial charge in [-0.3, -0.25) is 20.2 Å². The molecule has 0 radical (unpaired) electrons. The molecule has 0 saturated carbocycles. The van der Waals surface area contributed by atoms with Crippen molar-refractivity contribution in [3.63, 3.8) is 0 Å². The third-order valence-electron chi connectivity index (χ3n) is 3.09. The Morgan fingerprint density at radius 2 is 1.08 bits per heavy atom. The first kappa shape index (κ1) is 19.2. The molecule has 25 heavy (non-hydrogen) atoms. The second-order valence-electron chi connectivity index (χ2n) is 4.81. The fraction of sp³-hybridized carbons (Fsp3) is 0.250. The Morgan fingerprint density at radius 3 is 1.40 bits per heavy atom. The van der Waals surface area contributed by atoms with Crippen molar-refractivity contribution in [2.75, 3.05) is 24.7 Å². The largest absolute Gasteiger partial charge is 0.380 e. The minimum Gasteiger partial charge on any atom is -0.380 e. The van der Waals surface area contributed by atoms with Crippen LogP contribution in [0.3, 0.4) is 0 Å². The van der Waals surface area contributed by atoms with Gasteiger partial charge in [-0.15, -0.1) is 23.5 Å². The zero-order valence-electron chi connectivity index (χ0n) is 13.2. The number of ether oxygens (including phenoxy) is 1. The molecule has 0 spiro atoms. The van der Waals surface area contributed by atoms with Gasteiger partial charge in [0.05, 0.1) is 23.1 Å². The highest BCUT2D eigenvalue weighted by Crippen LogP contribution is 2.22. The van der Waals surface area contributed by atoms with Crippen LogP contribution >= 0.6 is 23.5 Å². The topological polar surface area (TPSA) is 95.5 Å². The molecule has 2 rings (SSSR count). The van der Waals surface area contributed by atoms with Crippen molar-refractivity contribution in [2.45, 2.75) is 9.79 Å². The van der Waals surface area contributed by atoms with Crippen molar-refractivity contribution in [3.05, 3.63) is 68.8 Å². The first-order chi connectivity index (χ1) is 12.1. The molecule has 7 nitrogen and oxygen atoms in total. The number of nitrogens with zero attached hydrogens (tertiary/aromatic N) is 2. The number of benzene rings is 2. The van der Waals surface area contributed by atoms with Gasteiger partial charge >= 0.3 is 0 Å². The van der Waals surface area contributed by atoms with E-state index >= 15 is 0 Å². The van der Waals surface area contributed by atoms with E-state index in [9.17, 15) is 20.2 Å². The molecular weight excluding hydrogens is 364 g/mol. The molecule has 2 aromatic carbocycles. The van der Waals surface area contributed by atoms with E-state index in [0.717, 1.165) is 21.3 Å². The lowest BCUT2D eigenvalue weighted by atomic mass is 10.3. The van der Waals surface area contributed by atoms with Crippen LogP contribution in [-0.2, 0) is 4.74 Å². The van der Waals surface area contributed by atoms with E-state index in [1.807, 2.05) is 0 Å². The molecule has 0 saturated heterocycles. The molecule has 0 N–H and O–H groups in total. The predicted octanol–water partition coefficient (Wildman–Crippen LogP) is 4.40. The highest BCUT2D eigenvalue weighted by molar-refractivity contribution is 7.99. The van der Waals surface area contributed by atoms with Gasteiger partial charge in [-0.25, -0.2) is 0 Å². The average molecular weight is 380 g/mol. The summed E-state index contributed by atoms with van der Waals surface area (Å²) in [4.78, 5) is 22.2. The van der Waals surface area contributed by atoms with E-state index in [1.165, 1.54) is 24.3 Å². The van der Waals surface area contributed by atoms with Crippen molar-refractivity contribution in [3.8, 4) is 0 Å². The Hall–Kier alpha value is -2.10. The smallest absolute Gasteiger partial charge is 0.269 e. The van der Waals surface area contributed by atoms with Crippen molar-refractivity contribution < 1.29 is 14.6 Å². The normalized spacial score (nSPS) is 10.6. The first-order valence-corrected chi connectivity index (χ1v) is 9.35. The van der Waals surface area contributed by atoms with Crippen LogP contribution in [0.25, 0.3) is 0 Å². The minimum absolute atomic E-state index is 0.0869. The summed E-state index contributed by atoms with van der Waals surface area (Å²) in [6, 6.07) is 12.9. The van der Waals surface area contributed by atoms with E-state index in [0.29, 0.717) is 13.2 Å². The monoisotopic (exact) mass is 380 g/mol. The number of rotatable bonds is 10. The van der Waals surface area contributed by atoms with E-state index in [-0.39, 0.29) is 11.4 Å². The fourth-order valence-electron chi connectivity index (χ4n) is 1.87. The molecule has 2 aromatic rings. The van der Waals surface area contributed by atoms with Crippen LogP contribution in [0.4, 0.5) is 11.4 Å². The summed E-state index contributed by atoms with van der Waals surface area (Å²) in [6.07, 6.45) is 0. The third-order valence-corrected chi connectivity index (χ3v) is 5.04. The number of hydrogen-bond acceptors (Lipinski definition) is 7. The number of nitro benzene ring substituents is 2. The highest BCUT2D eigenvalue weighted by Gasteiger charge is 2.05. The molecule has 0 atom stereocenters. The van der Waals surface area contributed by atoms with E-state index in [4.69, 9.17) is 4.74 Å². The summed E-state index contributed by atoms with van der Waals surface area (Å²) < 4.78 is 5.54. The van der Waals surface area contributed by atoms with Crippen LogP contribution in [0.15, 0.2) is 58.3 Å². The number of hydrogen-bond donors (Lipinski definition) is 0. The Labute approximate surface area is 153 Å². The van der Waals surface area contributed by atoms with Crippen molar-refractivity contribution in [1.82, 2.24) is 0 Å². The Morgan fingerprint density at radius 1 is 0.720 bits per heavy atom. The molecule has 0 aromatic heterocycles. The molecule has 132 valence electrons. The summed E-state index contributed by atoms with van der Waals surface area (Å²) in [7, 11) is 0. The van der Waals surface area contributed by atoms with Gasteiger partial charge in [-0.1, -0.05) is 0 Å². The van der Waals surface area contributed by atoms with Crippen LogP contribution in [0.2, 0.25) is 0 Å². The van der Waals surface area contributed by atoms with Gasteiger partial charge in [0.15, 0.2) is 0 Å². The van der Waals surface area contributed by atoms with Crippen molar-refractivity contribution >= 4 is 34.9 Å². The summed E-state index contributed by atoms with van der Waals surface area (Å²) in [6.45, 7) is 1.17. The number of non-ortho nitro benzene ring substituents is 2. The highest BCUT2D eigenvalue weighted by atomic mass is 32.2. The van der Waals surface area contributed by atoms with Crippen LogP contribution < -0.4 is 0 Å². The number of thioether (sulfide) groups is 2. The Balaban J connectivity index is 1.57. The second kappa shape index (κ2) is 10.0. The standard InChI is InChI=1S/C16H16N2O5S2/c19-17(20)13-1-5-15(6-2-13)24-11-9-23-10-12-25-16-7-3-14(4-8-16)18(21)22/h1-8H,9-12H2. The van der Waals surface area contributed by atoms with Gasteiger partial charge < -0.3 is 4.74 Å². The Bertz CT molecular complexity index is 646. The molecule has 0 aliphatic carbocycles. The maximum absolute atomic E-state index is 10.6. The lowest BCUT2D eigenvalue weighted by molar-refractivity contribution is -0.385. The molecule has 0 heterocycles. The summed E-state index contributed by atoms with van der Waals surface area (Å²) in [5.41, 5.74) is 0.174. The van der Waals surface area contributed by atoms with Crippen LogP contribution in [0, 0.1) is 20.2 Å².